The summed E-state index contributed by atoms with van der Waals surface area (Å²) in [5.74, 6) is -2.10. The molecule has 0 bridgehead atoms. The molecule has 0 unspecified atom stereocenters. The van der Waals surface area contributed by atoms with Gasteiger partial charge in [0.25, 0.3) is 11.1 Å². The van der Waals surface area contributed by atoms with Crippen molar-refractivity contribution >= 4 is 17.6 Å². The van der Waals surface area contributed by atoms with Gasteiger partial charge in [-0.2, -0.15) is 5.10 Å². The first-order chi connectivity index (χ1) is 16.8. The molecule has 0 saturated heterocycles. The van der Waals surface area contributed by atoms with Crippen molar-refractivity contribution < 1.29 is 14.3 Å². The maximum Gasteiger partial charge on any atom is 0.359 e. The molecule has 11 nitrogen and oxygen atoms in total. The normalized spacial score (nSPS) is 10.8. The number of rotatable bonds is 10. The number of aryl methyl sites for hydroxylation is 1. The smallest absolute Gasteiger partial charge is 0.359 e. The van der Waals surface area contributed by atoms with Gasteiger partial charge >= 0.3 is 11.7 Å². The van der Waals surface area contributed by atoms with Crippen LogP contribution >= 0.6 is 0 Å². The first-order valence-electron chi connectivity index (χ1n) is 11.2. The molecular weight excluding hydrogens is 454 g/mol. The molecule has 184 valence electrons. The minimum Gasteiger partial charge on any atom is -0.453 e. The number of nitrogens with two attached hydrogens (primary N) is 1. The highest BCUT2D eigenvalue weighted by Gasteiger charge is 2.24. The summed E-state index contributed by atoms with van der Waals surface area (Å²) in [5, 5.41) is 3.98. The fraction of sp³-hybridized carbons (Fsp3) is 0.333. The summed E-state index contributed by atoms with van der Waals surface area (Å²) in [4.78, 5) is 62.9. The fourth-order valence-corrected chi connectivity index (χ4v) is 3.48. The van der Waals surface area contributed by atoms with E-state index in [9.17, 15) is 24.0 Å². The van der Waals surface area contributed by atoms with Crippen molar-refractivity contribution in [3.8, 4) is 0 Å². The summed E-state index contributed by atoms with van der Waals surface area (Å²) in [6.07, 6.45) is 1.53. The fourth-order valence-electron chi connectivity index (χ4n) is 3.48. The van der Waals surface area contributed by atoms with Crippen LogP contribution in [-0.2, 0) is 24.4 Å². The van der Waals surface area contributed by atoms with E-state index in [0.29, 0.717) is 13.0 Å². The van der Waals surface area contributed by atoms with E-state index in [2.05, 4.69) is 5.10 Å². The average Bonchev–Trinajstić information content (AvgIpc) is 2.85. The van der Waals surface area contributed by atoms with Crippen LogP contribution in [0, 0.1) is 0 Å². The van der Waals surface area contributed by atoms with Crippen molar-refractivity contribution in [2.75, 3.05) is 12.3 Å². The molecule has 0 fully saturated rings. The Balaban J connectivity index is 1.87. The van der Waals surface area contributed by atoms with Crippen molar-refractivity contribution in [2.45, 2.75) is 46.3 Å². The second-order valence-electron chi connectivity index (χ2n) is 7.80. The molecule has 35 heavy (non-hydrogen) atoms. The number of ether oxygens (including phenoxy) is 1. The van der Waals surface area contributed by atoms with E-state index in [0.717, 1.165) is 25.8 Å². The van der Waals surface area contributed by atoms with Crippen LogP contribution in [0.15, 0.2) is 56.8 Å². The number of carbonyl (C=O) groups excluding carboxylic acids is 2. The van der Waals surface area contributed by atoms with E-state index >= 15 is 0 Å². The lowest BCUT2D eigenvalue weighted by molar-refractivity contribution is 0.0465. The topological polar surface area (TPSA) is 148 Å². The molecule has 0 spiro atoms. The van der Waals surface area contributed by atoms with Gasteiger partial charge in [0.05, 0.1) is 6.54 Å². The number of nitrogens with zero attached hydrogens (tertiary/aromatic N) is 4. The molecule has 3 aromatic rings. The molecule has 3 rings (SSSR count). The standard InChI is InChI=1S/C24H27N5O6/c1-3-5-13-29-19(31)12-11-17(26-29)23(33)35-15-18(30)20-21(25)28(14-16-9-7-6-8-10-16)24(34)27(4-2)22(20)32/h6-12H,3-5,13-15,25H2,1-2H3. The highest BCUT2D eigenvalue weighted by atomic mass is 16.5. The summed E-state index contributed by atoms with van der Waals surface area (Å²) in [6.45, 7) is 3.17. The molecule has 1 aromatic carbocycles. The first kappa shape index (κ1) is 25.3. The average molecular weight is 482 g/mol. The van der Waals surface area contributed by atoms with Crippen LogP contribution in [0.25, 0.3) is 0 Å². The Hall–Kier alpha value is -4.28. The Bertz CT molecular complexity index is 1400. The predicted molar refractivity (Wildman–Crippen MR) is 129 cm³/mol. The Morgan fingerprint density at radius 1 is 1.00 bits per heavy atom. The number of ketones is 1. The van der Waals surface area contributed by atoms with Gasteiger partial charge in [0.2, 0.25) is 5.78 Å². The van der Waals surface area contributed by atoms with Crippen LogP contribution in [0.5, 0.6) is 0 Å². The van der Waals surface area contributed by atoms with Crippen molar-refractivity contribution in [2.24, 2.45) is 0 Å². The second-order valence-corrected chi connectivity index (χ2v) is 7.80. The summed E-state index contributed by atoms with van der Waals surface area (Å²) >= 11 is 0. The molecule has 0 saturated carbocycles. The quantitative estimate of drug-likeness (QED) is 0.334. The van der Waals surface area contributed by atoms with Gasteiger partial charge in [-0.3, -0.25) is 23.5 Å². The third-order valence-corrected chi connectivity index (χ3v) is 5.38. The molecule has 0 amide bonds. The SMILES string of the molecule is CCCCn1nc(C(=O)OCC(=O)c2c(N)n(Cc3ccccc3)c(=O)n(CC)c2=O)ccc1=O. The number of hydrogen-bond donors (Lipinski definition) is 1. The summed E-state index contributed by atoms with van der Waals surface area (Å²) in [6, 6.07) is 11.4. The Morgan fingerprint density at radius 2 is 1.71 bits per heavy atom. The first-order valence-corrected chi connectivity index (χ1v) is 11.2. The van der Waals surface area contributed by atoms with Crippen molar-refractivity contribution in [1.29, 1.82) is 0 Å². The number of Topliss-reactive ketones (excluding diaryl/α,β-unsaturated/α-hetero) is 1. The number of carbonyl (C=O) groups is 2. The van der Waals surface area contributed by atoms with Gasteiger partial charge in [-0.05, 0) is 25.0 Å². The lowest BCUT2D eigenvalue weighted by atomic mass is 10.2. The number of esters is 1. The van der Waals surface area contributed by atoms with Crippen LogP contribution in [0.2, 0.25) is 0 Å². The molecule has 0 aliphatic carbocycles. The van der Waals surface area contributed by atoms with Gasteiger partial charge in [-0.1, -0.05) is 43.7 Å². The summed E-state index contributed by atoms with van der Waals surface area (Å²) < 4.78 is 8.25. The number of hydrogen-bond acceptors (Lipinski definition) is 8. The molecule has 11 heteroatoms. The maximum absolute atomic E-state index is 12.9. The van der Waals surface area contributed by atoms with Crippen LogP contribution in [-0.4, -0.2) is 37.3 Å². The largest absolute Gasteiger partial charge is 0.453 e. The lowest BCUT2D eigenvalue weighted by Gasteiger charge is -2.16. The Morgan fingerprint density at radius 3 is 2.37 bits per heavy atom. The van der Waals surface area contributed by atoms with E-state index in [1.807, 2.05) is 13.0 Å². The third-order valence-electron chi connectivity index (χ3n) is 5.38. The van der Waals surface area contributed by atoms with E-state index in [1.54, 1.807) is 31.2 Å². The zero-order valence-electron chi connectivity index (χ0n) is 19.6. The molecule has 0 aliphatic heterocycles. The zero-order valence-corrected chi connectivity index (χ0v) is 19.6. The highest BCUT2D eigenvalue weighted by Crippen LogP contribution is 2.10. The van der Waals surface area contributed by atoms with E-state index in [-0.39, 0.29) is 30.2 Å². The number of nitrogen functional groups attached to an aromatic ring is 1. The van der Waals surface area contributed by atoms with E-state index in [1.165, 1.54) is 12.1 Å². The molecule has 0 atom stereocenters. The number of unbranched alkanes of at least 4 members (excludes halogenated alkanes) is 1. The van der Waals surface area contributed by atoms with E-state index < -0.39 is 35.2 Å². The van der Waals surface area contributed by atoms with Crippen LogP contribution in [0.3, 0.4) is 0 Å². The van der Waals surface area contributed by atoms with Crippen molar-refractivity contribution in [3.05, 3.63) is 90.5 Å². The minimum absolute atomic E-state index is 0.0238. The maximum atomic E-state index is 12.9. The third kappa shape index (κ3) is 5.62. The predicted octanol–water partition coefficient (Wildman–Crippen LogP) is 1.06. The van der Waals surface area contributed by atoms with Gasteiger partial charge in [-0.15, -0.1) is 0 Å². The van der Waals surface area contributed by atoms with Crippen LogP contribution < -0.4 is 22.5 Å². The Kier molecular flexibility index (Phi) is 8.13. The van der Waals surface area contributed by atoms with Gasteiger partial charge in [0.15, 0.2) is 12.3 Å². The van der Waals surface area contributed by atoms with Crippen molar-refractivity contribution in [3.63, 3.8) is 0 Å². The molecule has 0 radical (unpaired) electrons. The number of anilines is 1. The van der Waals surface area contributed by atoms with Gasteiger partial charge < -0.3 is 10.5 Å². The monoisotopic (exact) mass is 481 g/mol. The van der Waals surface area contributed by atoms with Crippen molar-refractivity contribution in [1.82, 2.24) is 18.9 Å². The molecular formula is C24H27N5O6. The zero-order chi connectivity index (χ0) is 25.5. The summed E-state index contributed by atoms with van der Waals surface area (Å²) in [7, 11) is 0. The Labute approximate surface area is 200 Å². The molecule has 2 heterocycles. The van der Waals surface area contributed by atoms with Gasteiger partial charge in [0, 0.05) is 19.2 Å². The number of benzene rings is 1. The lowest BCUT2D eigenvalue weighted by Crippen LogP contribution is -2.44. The van der Waals surface area contributed by atoms with E-state index in [4.69, 9.17) is 10.5 Å². The van der Waals surface area contributed by atoms with Crippen LogP contribution in [0.4, 0.5) is 5.82 Å². The van der Waals surface area contributed by atoms with Crippen LogP contribution in [0.1, 0.15) is 53.1 Å². The molecule has 2 N–H and O–H groups in total. The summed E-state index contributed by atoms with van der Waals surface area (Å²) in [5.41, 5.74) is 4.39. The molecule has 2 aromatic heterocycles. The van der Waals surface area contributed by atoms with Gasteiger partial charge in [0.1, 0.15) is 11.4 Å². The number of aromatic nitrogens is 4. The second kappa shape index (κ2) is 11.2. The highest BCUT2D eigenvalue weighted by molar-refractivity contribution is 6.02. The minimum atomic E-state index is -0.935. The molecule has 0 aliphatic rings. The van der Waals surface area contributed by atoms with Gasteiger partial charge in [-0.25, -0.2) is 14.3 Å².